The first-order chi connectivity index (χ1) is 9.10. The van der Waals surface area contributed by atoms with Gasteiger partial charge in [-0.2, -0.15) is 0 Å². The van der Waals surface area contributed by atoms with Crippen LogP contribution in [0.4, 0.5) is 0 Å². The van der Waals surface area contributed by atoms with Gasteiger partial charge in [0.1, 0.15) is 11.5 Å². The summed E-state index contributed by atoms with van der Waals surface area (Å²) in [5.74, 6) is 2.79. The van der Waals surface area contributed by atoms with Crippen LogP contribution in [0.1, 0.15) is 36.5 Å². The monoisotopic (exact) mass is 274 g/mol. The van der Waals surface area contributed by atoms with Gasteiger partial charge >= 0.3 is 0 Å². The summed E-state index contributed by atoms with van der Waals surface area (Å²) in [6, 6.07) is 14.2. The van der Waals surface area contributed by atoms with E-state index in [1.54, 1.807) is 0 Å². The molecule has 0 saturated heterocycles. The molecule has 2 aromatic rings. The fourth-order valence-corrected chi connectivity index (χ4v) is 2.24. The standard InChI is InChI=1S/C17H19ClO/c1-12(2)14-4-7-16(8-5-14)19-17-9-6-15(11-18)13(3)10-17/h4-10,12H,11H2,1-3H3. The summed E-state index contributed by atoms with van der Waals surface area (Å²) >= 11 is 5.85. The van der Waals surface area contributed by atoms with Crippen molar-refractivity contribution in [3.63, 3.8) is 0 Å². The lowest BCUT2D eigenvalue weighted by atomic mass is 10.0. The second-order valence-electron chi connectivity index (χ2n) is 5.05. The third-order valence-corrected chi connectivity index (χ3v) is 3.53. The van der Waals surface area contributed by atoms with Crippen LogP contribution in [0.25, 0.3) is 0 Å². The molecule has 0 aromatic heterocycles. The van der Waals surface area contributed by atoms with Crippen molar-refractivity contribution in [2.45, 2.75) is 32.6 Å². The van der Waals surface area contributed by atoms with Crippen molar-refractivity contribution in [2.75, 3.05) is 0 Å². The van der Waals surface area contributed by atoms with E-state index in [1.807, 2.05) is 37.3 Å². The highest BCUT2D eigenvalue weighted by atomic mass is 35.5. The molecule has 2 aromatic carbocycles. The van der Waals surface area contributed by atoms with Crippen molar-refractivity contribution >= 4 is 11.6 Å². The molecule has 2 rings (SSSR count). The van der Waals surface area contributed by atoms with Crippen LogP contribution >= 0.6 is 11.6 Å². The smallest absolute Gasteiger partial charge is 0.127 e. The van der Waals surface area contributed by atoms with E-state index in [0.717, 1.165) is 22.6 Å². The molecule has 1 nitrogen and oxygen atoms in total. The summed E-state index contributed by atoms with van der Waals surface area (Å²) in [5, 5.41) is 0. The molecule has 2 heteroatoms. The van der Waals surface area contributed by atoms with Gasteiger partial charge in [0, 0.05) is 5.88 Å². The zero-order valence-electron chi connectivity index (χ0n) is 11.6. The Kier molecular flexibility index (Phi) is 4.49. The second kappa shape index (κ2) is 6.12. The average Bonchev–Trinajstić information content (AvgIpc) is 2.39. The van der Waals surface area contributed by atoms with Gasteiger partial charge in [0.15, 0.2) is 0 Å². The Hall–Kier alpha value is -1.47. The van der Waals surface area contributed by atoms with E-state index < -0.39 is 0 Å². The van der Waals surface area contributed by atoms with Gasteiger partial charge in [0.05, 0.1) is 0 Å². The minimum atomic E-state index is 0.537. The molecule has 0 amide bonds. The molecule has 0 aliphatic carbocycles. The first-order valence-corrected chi connectivity index (χ1v) is 7.07. The van der Waals surface area contributed by atoms with Crippen LogP contribution in [-0.2, 0) is 5.88 Å². The largest absolute Gasteiger partial charge is 0.457 e. The van der Waals surface area contributed by atoms with Crippen LogP contribution < -0.4 is 4.74 Å². The van der Waals surface area contributed by atoms with Crippen LogP contribution in [-0.4, -0.2) is 0 Å². The topological polar surface area (TPSA) is 9.23 Å². The van der Waals surface area contributed by atoms with Gasteiger partial charge in [-0.05, 0) is 53.8 Å². The minimum Gasteiger partial charge on any atom is -0.457 e. The molecule has 0 radical (unpaired) electrons. The van der Waals surface area contributed by atoms with Crippen LogP contribution in [0.5, 0.6) is 11.5 Å². The highest BCUT2D eigenvalue weighted by molar-refractivity contribution is 6.17. The molecular weight excluding hydrogens is 256 g/mol. The van der Waals surface area contributed by atoms with E-state index in [0.29, 0.717) is 11.8 Å². The summed E-state index contributed by atoms with van der Waals surface area (Å²) in [6.07, 6.45) is 0. The van der Waals surface area contributed by atoms with E-state index in [-0.39, 0.29) is 0 Å². The third kappa shape index (κ3) is 3.51. The van der Waals surface area contributed by atoms with Crippen molar-refractivity contribution in [3.05, 3.63) is 59.2 Å². The van der Waals surface area contributed by atoms with Gasteiger partial charge in [-0.15, -0.1) is 11.6 Å². The van der Waals surface area contributed by atoms with Crippen LogP contribution in [0, 0.1) is 6.92 Å². The highest BCUT2D eigenvalue weighted by Crippen LogP contribution is 2.26. The Balaban J connectivity index is 2.14. The number of halogens is 1. The van der Waals surface area contributed by atoms with Gasteiger partial charge in [-0.25, -0.2) is 0 Å². The molecule has 0 fully saturated rings. The Morgan fingerprint density at radius 2 is 1.63 bits per heavy atom. The maximum Gasteiger partial charge on any atom is 0.127 e. The van der Waals surface area contributed by atoms with E-state index in [9.17, 15) is 0 Å². The van der Waals surface area contributed by atoms with E-state index in [2.05, 4.69) is 26.0 Å². The molecule has 0 unspecified atom stereocenters. The number of rotatable bonds is 4. The van der Waals surface area contributed by atoms with Crippen molar-refractivity contribution < 1.29 is 4.74 Å². The normalized spacial score (nSPS) is 10.8. The fraction of sp³-hybridized carbons (Fsp3) is 0.294. The molecule has 0 heterocycles. The van der Waals surface area contributed by atoms with E-state index >= 15 is 0 Å². The van der Waals surface area contributed by atoms with Crippen LogP contribution in [0.3, 0.4) is 0 Å². The van der Waals surface area contributed by atoms with Crippen LogP contribution in [0.2, 0.25) is 0 Å². The average molecular weight is 275 g/mol. The molecule has 0 aliphatic heterocycles. The van der Waals surface area contributed by atoms with Crippen LogP contribution in [0.15, 0.2) is 42.5 Å². The van der Waals surface area contributed by atoms with Crippen molar-refractivity contribution in [2.24, 2.45) is 0 Å². The SMILES string of the molecule is Cc1cc(Oc2ccc(C(C)C)cc2)ccc1CCl. The quantitative estimate of drug-likeness (QED) is 0.655. The lowest BCUT2D eigenvalue weighted by molar-refractivity contribution is 0.482. The third-order valence-electron chi connectivity index (χ3n) is 3.24. The summed E-state index contributed by atoms with van der Waals surface area (Å²) < 4.78 is 5.85. The molecule has 0 bridgehead atoms. The van der Waals surface area contributed by atoms with Gasteiger partial charge in [0.2, 0.25) is 0 Å². The highest BCUT2D eigenvalue weighted by Gasteiger charge is 2.03. The lowest BCUT2D eigenvalue weighted by Gasteiger charge is -2.10. The predicted octanol–water partition coefficient (Wildman–Crippen LogP) is 5.65. The molecule has 0 aliphatic rings. The molecule has 0 saturated carbocycles. The Labute approximate surface area is 120 Å². The van der Waals surface area contributed by atoms with Crippen molar-refractivity contribution in [1.82, 2.24) is 0 Å². The number of hydrogen-bond acceptors (Lipinski definition) is 1. The Morgan fingerprint density at radius 1 is 1.00 bits per heavy atom. The number of aryl methyl sites for hydroxylation is 1. The van der Waals surface area contributed by atoms with Gasteiger partial charge in [-0.1, -0.05) is 32.0 Å². The Morgan fingerprint density at radius 3 is 2.16 bits per heavy atom. The molecule has 19 heavy (non-hydrogen) atoms. The summed E-state index contributed by atoms with van der Waals surface area (Å²) in [4.78, 5) is 0. The van der Waals surface area contributed by atoms with Crippen molar-refractivity contribution in [3.8, 4) is 11.5 Å². The Bertz CT molecular complexity index is 544. The number of benzene rings is 2. The molecule has 0 N–H and O–H groups in total. The van der Waals surface area contributed by atoms with Gasteiger partial charge < -0.3 is 4.74 Å². The first-order valence-electron chi connectivity index (χ1n) is 6.53. The molecular formula is C17H19ClO. The van der Waals surface area contributed by atoms with E-state index in [1.165, 1.54) is 5.56 Å². The maximum absolute atomic E-state index is 5.85. The maximum atomic E-state index is 5.85. The van der Waals surface area contributed by atoms with E-state index in [4.69, 9.17) is 16.3 Å². The molecule has 100 valence electrons. The van der Waals surface area contributed by atoms with Crippen molar-refractivity contribution in [1.29, 1.82) is 0 Å². The zero-order chi connectivity index (χ0) is 13.8. The lowest BCUT2D eigenvalue weighted by Crippen LogP contribution is -1.90. The number of hydrogen-bond donors (Lipinski definition) is 0. The van der Waals surface area contributed by atoms with Gasteiger partial charge in [-0.3, -0.25) is 0 Å². The fourth-order valence-electron chi connectivity index (χ4n) is 1.94. The molecule has 0 spiro atoms. The summed E-state index contributed by atoms with van der Waals surface area (Å²) in [5.41, 5.74) is 3.62. The summed E-state index contributed by atoms with van der Waals surface area (Å²) in [6.45, 7) is 6.42. The minimum absolute atomic E-state index is 0.537. The predicted molar refractivity (Wildman–Crippen MR) is 81.3 cm³/mol. The zero-order valence-corrected chi connectivity index (χ0v) is 12.4. The van der Waals surface area contributed by atoms with Gasteiger partial charge in [0.25, 0.3) is 0 Å². The summed E-state index contributed by atoms with van der Waals surface area (Å²) in [7, 11) is 0. The first kappa shape index (κ1) is 14.0. The number of ether oxygens (including phenoxy) is 1. The molecule has 0 atom stereocenters. The second-order valence-corrected chi connectivity index (χ2v) is 5.31. The number of alkyl halides is 1.